The number of hydrogen-bond donors (Lipinski definition) is 1. The zero-order valence-corrected chi connectivity index (χ0v) is 15.9. The van der Waals surface area contributed by atoms with Gasteiger partial charge in [0.1, 0.15) is 12.4 Å². The van der Waals surface area contributed by atoms with Gasteiger partial charge in [-0.3, -0.25) is 4.79 Å². The Kier molecular flexibility index (Phi) is 5.65. The standard InChI is InChI=1S/C19H26N2O2S/c1-18(2,3)12-19(4,5)21-17(22)14-7-6-8-16(9-14)23-10-15-11-24-13-20-15/h6-9,11,13H,10,12H2,1-5H3,(H,21,22). The van der Waals surface area contributed by atoms with Crippen molar-refractivity contribution in [2.75, 3.05) is 0 Å². The summed E-state index contributed by atoms with van der Waals surface area (Å²) in [5.41, 5.74) is 3.15. The fraction of sp³-hybridized carbons (Fsp3) is 0.474. The third-order valence-electron chi connectivity index (χ3n) is 3.39. The number of hydrogen-bond acceptors (Lipinski definition) is 4. The first-order chi connectivity index (χ1) is 11.1. The van der Waals surface area contributed by atoms with Crippen molar-refractivity contribution in [3.63, 3.8) is 0 Å². The Labute approximate surface area is 148 Å². The van der Waals surface area contributed by atoms with Crippen molar-refractivity contribution < 1.29 is 9.53 Å². The fourth-order valence-corrected chi connectivity index (χ4v) is 3.49. The summed E-state index contributed by atoms with van der Waals surface area (Å²) in [5, 5.41) is 5.07. The molecule has 0 atom stereocenters. The Morgan fingerprint density at radius 2 is 2.00 bits per heavy atom. The smallest absolute Gasteiger partial charge is 0.251 e. The zero-order chi connectivity index (χ0) is 17.8. The summed E-state index contributed by atoms with van der Waals surface area (Å²) in [7, 11) is 0. The number of rotatable bonds is 6. The van der Waals surface area contributed by atoms with Crippen LogP contribution in [0.15, 0.2) is 35.2 Å². The maximum Gasteiger partial charge on any atom is 0.251 e. The Balaban J connectivity index is 2.00. The first kappa shape index (κ1) is 18.5. The van der Waals surface area contributed by atoms with Crippen molar-refractivity contribution in [1.82, 2.24) is 10.3 Å². The topological polar surface area (TPSA) is 51.2 Å². The second kappa shape index (κ2) is 7.34. The Morgan fingerprint density at radius 1 is 1.25 bits per heavy atom. The van der Waals surface area contributed by atoms with Crippen LogP contribution in [0.4, 0.5) is 0 Å². The van der Waals surface area contributed by atoms with Gasteiger partial charge < -0.3 is 10.1 Å². The van der Waals surface area contributed by atoms with E-state index in [1.807, 2.05) is 17.5 Å². The molecule has 0 aliphatic carbocycles. The van der Waals surface area contributed by atoms with Crippen LogP contribution in [-0.2, 0) is 6.61 Å². The Bertz CT molecular complexity index is 673. The molecule has 1 aromatic carbocycles. The number of amides is 1. The average Bonchev–Trinajstić information content (AvgIpc) is 2.95. The highest BCUT2D eigenvalue weighted by molar-refractivity contribution is 7.07. The van der Waals surface area contributed by atoms with Crippen LogP contribution in [0.2, 0.25) is 0 Å². The van der Waals surface area contributed by atoms with Crippen LogP contribution in [-0.4, -0.2) is 16.4 Å². The van der Waals surface area contributed by atoms with Crippen molar-refractivity contribution in [3.8, 4) is 5.75 Å². The lowest BCUT2D eigenvalue weighted by molar-refractivity contribution is 0.0891. The van der Waals surface area contributed by atoms with Crippen molar-refractivity contribution in [2.24, 2.45) is 5.41 Å². The number of nitrogens with one attached hydrogen (secondary N) is 1. The lowest BCUT2D eigenvalue weighted by atomic mass is 9.81. The number of carbonyl (C=O) groups is 1. The van der Waals surface area contributed by atoms with E-state index in [1.165, 1.54) is 11.3 Å². The number of aromatic nitrogens is 1. The van der Waals surface area contributed by atoms with Gasteiger partial charge in [-0.2, -0.15) is 0 Å². The van der Waals surface area contributed by atoms with Crippen LogP contribution in [0.5, 0.6) is 5.75 Å². The molecule has 0 saturated heterocycles. The third-order valence-corrected chi connectivity index (χ3v) is 4.03. The first-order valence-corrected chi connectivity index (χ1v) is 9.01. The van der Waals surface area contributed by atoms with Gasteiger partial charge in [0.2, 0.25) is 0 Å². The van der Waals surface area contributed by atoms with Crippen molar-refractivity contribution in [1.29, 1.82) is 0 Å². The number of benzene rings is 1. The molecule has 0 radical (unpaired) electrons. The molecule has 1 heterocycles. The normalized spacial score (nSPS) is 12.0. The lowest BCUT2D eigenvalue weighted by Gasteiger charge is -2.33. The molecule has 0 bridgehead atoms. The van der Waals surface area contributed by atoms with Gasteiger partial charge in [0.05, 0.1) is 11.2 Å². The van der Waals surface area contributed by atoms with E-state index in [9.17, 15) is 4.79 Å². The van der Waals surface area contributed by atoms with Gasteiger partial charge in [0.15, 0.2) is 0 Å². The van der Waals surface area contributed by atoms with E-state index < -0.39 is 0 Å². The van der Waals surface area contributed by atoms with Crippen LogP contribution in [0.3, 0.4) is 0 Å². The quantitative estimate of drug-likeness (QED) is 0.827. The summed E-state index contributed by atoms with van der Waals surface area (Å²) in [6.07, 6.45) is 0.895. The summed E-state index contributed by atoms with van der Waals surface area (Å²) in [5.74, 6) is 0.590. The molecule has 0 spiro atoms. The molecule has 1 amide bonds. The second-order valence-corrected chi connectivity index (χ2v) is 8.59. The molecule has 1 N–H and O–H groups in total. The molecule has 0 fully saturated rings. The van der Waals surface area contributed by atoms with E-state index in [0.29, 0.717) is 17.9 Å². The molecule has 24 heavy (non-hydrogen) atoms. The highest BCUT2D eigenvalue weighted by atomic mass is 32.1. The molecule has 1 aromatic heterocycles. The van der Waals surface area contributed by atoms with Crippen LogP contribution in [0, 0.1) is 5.41 Å². The Morgan fingerprint density at radius 3 is 2.62 bits per heavy atom. The zero-order valence-electron chi connectivity index (χ0n) is 15.1. The fourth-order valence-electron chi connectivity index (χ4n) is 2.94. The summed E-state index contributed by atoms with van der Waals surface area (Å²) in [4.78, 5) is 16.7. The number of nitrogens with zero attached hydrogens (tertiary/aromatic N) is 1. The summed E-state index contributed by atoms with van der Waals surface area (Å²) < 4.78 is 5.72. The average molecular weight is 346 g/mol. The molecule has 0 saturated carbocycles. The van der Waals surface area contributed by atoms with Gasteiger partial charge >= 0.3 is 0 Å². The molecule has 0 unspecified atom stereocenters. The molecular formula is C19H26N2O2S. The molecule has 0 aliphatic rings. The largest absolute Gasteiger partial charge is 0.487 e. The van der Waals surface area contributed by atoms with E-state index in [4.69, 9.17) is 4.74 Å². The highest BCUT2D eigenvalue weighted by Crippen LogP contribution is 2.27. The van der Waals surface area contributed by atoms with Crippen molar-refractivity contribution in [2.45, 2.75) is 53.2 Å². The van der Waals surface area contributed by atoms with Gasteiger partial charge in [0, 0.05) is 16.5 Å². The van der Waals surface area contributed by atoms with Gasteiger partial charge in [-0.1, -0.05) is 26.8 Å². The van der Waals surface area contributed by atoms with Crippen molar-refractivity contribution >= 4 is 17.2 Å². The minimum Gasteiger partial charge on any atom is -0.487 e. The molecule has 4 nitrogen and oxygen atoms in total. The summed E-state index contributed by atoms with van der Waals surface area (Å²) >= 11 is 1.54. The number of thiazole rings is 1. The first-order valence-electron chi connectivity index (χ1n) is 8.07. The van der Waals surface area contributed by atoms with E-state index in [0.717, 1.165) is 12.1 Å². The van der Waals surface area contributed by atoms with Crippen LogP contribution in [0.25, 0.3) is 0 Å². The van der Waals surface area contributed by atoms with E-state index in [1.54, 1.807) is 17.6 Å². The Hall–Kier alpha value is -1.88. The van der Waals surface area contributed by atoms with E-state index in [2.05, 4.69) is 44.9 Å². The highest BCUT2D eigenvalue weighted by Gasteiger charge is 2.27. The van der Waals surface area contributed by atoms with E-state index >= 15 is 0 Å². The maximum absolute atomic E-state index is 12.6. The van der Waals surface area contributed by atoms with Gasteiger partial charge in [-0.25, -0.2) is 4.98 Å². The van der Waals surface area contributed by atoms with Gasteiger partial charge in [-0.15, -0.1) is 11.3 Å². The summed E-state index contributed by atoms with van der Waals surface area (Å²) in [6, 6.07) is 7.26. The molecule has 0 aliphatic heterocycles. The lowest BCUT2D eigenvalue weighted by Crippen LogP contribution is -2.45. The third kappa shape index (κ3) is 5.96. The minimum atomic E-state index is -0.271. The SMILES string of the molecule is CC(C)(C)CC(C)(C)NC(=O)c1cccc(OCc2cscn2)c1. The predicted octanol–water partition coefficient (Wildman–Crippen LogP) is 4.67. The van der Waals surface area contributed by atoms with Gasteiger partial charge in [-0.05, 0) is 43.9 Å². The molecule has 130 valence electrons. The molecular weight excluding hydrogens is 320 g/mol. The van der Waals surface area contributed by atoms with Crippen molar-refractivity contribution in [3.05, 3.63) is 46.4 Å². The number of ether oxygens (including phenoxy) is 1. The van der Waals surface area contributed by atoms with Crippen LogP contribution in [0.1, 0.15) is 57.1 Å². The molecule has 2 aromatic rings. The molecule has 5 heteroatoms. The minimum absolute atomic E-state index is 0.0802. The second-order valence-electron chi connectivity index (χ2n) is 7.87. The predicted molar refractivity (Wildman–Crippen MR) is 98.5 cm³/mol. The van der Waals surface area contributed by atoms with Crippen LogP contribution < -0.4 is 10.1 Å². The van der Waals surface area contributed by atoms with E-state index in [-0.39, 0.29) is 16.9 Å². The number of carbonyl (C=O) groups excluding carboxylic acids is 1. The maximum atomic E-state index is 12.6. The monoisotopic (exact) mass is 346 g/mol. The summed E-state index contributed by atoms with van der Waals surface area (Å²) in [6.45, 7) is 11.0. The van der Waals surface area contributed by atoms with Crippen LogP contribution >= 0.6 is 11.3 Å². The van der Waals surface area contributed by atoms with Gasteiger partial charge in [0.25, 0.3) is 5.91 Å². The molecule has 2 rings (SSSR count).